The molecule has 2 nitrogen and oxygen atoms in total. The van der Waals surface area contributed by atoms with E-state index in [4.69, 9.17) is 20.2 Å². The number of benzene rings is 2. The molecule has 0 saturated carbocycles. The zero-order valence-corrected chi connectivity index (χ0v) is 20.3. The number of aromatic hydroxyl groups is 1. The first-order valence-electron chi connectivity index (χ1n) is 8.88. The fourth-order valence-corrected chi connectivity index (χ4v) is 2.59. The minimum atomic E-state index is -2.24. The van der Waals surface area contributed by atoms with Gasteiger partial charge < -0.3 is 5.11 Å². The van der Waals surface area contributed by atoms with Gasteiger partial charge in [-0.05, 0) is 22.5 Å². The summed E-state index contributed by atoms with van der Waals surface area (Å²) in [5.41, 5.74) is -0.664. The Kier molecular flexibility index (Phi) is 9.40. The Morgan fingerprint density at radius 1 is 0.806 bits per heavy atom. The van der Waals surface area contributed by atoms with E-state index in [0.717, 1.165) is 5.56 Å². The fraction of sp³-hybridized carbons (Fsp3) is 0.381. The Bertz CT molecular complexity index is 956. The first-order chi connectivity index (χ1) is 14.1. The Hall–Kier alpha value is -1.34. The molecule has 0 saturated heterocycles. The third-order valence-electron chi connectivity index (χ3n) is 4.34. The summed E-state index contributed by atoms with van der Waals surface area (Å²) in [7, 11) is 9.59. The molecule has 0 amide bonds. The molecule has 173 valence electrons. The van der Waals surface area contributed by atoms with Crippen LogP contribution in [0.4, 0.5) is 27.6 Å². The molecule has 0 unspecified atom stereocenters. The van der Waals surface area contributed by atoms with Crippen molar-refractivity contribution in [1.82, 2.24) is 0 Å². The first kappa shape index (κ1) is 27.7. The van der Waals surface area contributed by atoms with E-state index in [-0.39, 0.29) is 30.0 Å². The van der Waals surface area contributed by atoms with Gasteiger partial charge in [0.1, 0.15) is 11.4 Å². The van der Waals surface area contributed by atoms with Crippen molar-refractivity contribution in [1.29, 1.82) is 0 Å². The summed E-state index contributed by atoms with van der Waals surface area (Å²) < 4.78 is 67.7. The second-order valence-electron chi connectivity index (χ2n) is 8.69. The van der Waals surface area contributed by atoms with E-state index in [1.54, 1.807) is 0 Å². The molecule has 0 aromatic heterocycles. The van der Waals surface area contributed by atoms with E-state index in [1.807, 2.05) is 47.6 Å². The van der Waals surface area contributed by atoms with Crippen LogP contribution in [0.25, 0.3) is 0 Å². The quantitative estimate of drug-likeness (QED) is 0.140. The number of rotatable bonds is 2. The SMILES string of the molecule is CC(C)(C)c1cc(N=Cc2c(F)c(F)c(F)c(F)c2F)c(O)c(C(C)(C)C)c1.[Cl][Mn][Cl]. The predicted molar refractivity (Wildman–Crippen MR) is 111 cm³/mol. The standard InChI is InChI=1S/C21H22F5NO.2ClH.Mn/c1-20(2,3)10-7-12(21(4,5)6)19(28)13(8-10)27-9-11-14(22)16(24)18(26)17(25)15(11)23;;;/h7-9,28H,1-6H3;2*1H;/q;;;+2/p-2. The van der Waals surface area contributed by atoms with Crippen LogP contribution in [0.15, 0.2) is 17.1 Å². The molecule has 31 heavy (non-hydrogen) atoms. The number of hydrogen-bond donors (Lipinski definition) is 1. The summed E-state index contributed by atoms with van der Waals surface area (Å²) in [6, 6.07) is 3.33. The molecule has 1 N–H and O–H groups in total. The van der Waals surface area contributed by atoms with Crippen LogP contribution in [0.1, 0.15) is 58.2 Å². The van der Waals surface area contributed by atoms with E-state index in [2.05, 4.69) is 4.99 Å². The molecular formula is C21H22Cl2F5MnNO. The maximum atomic E-state index is 13.9. The van der Waals surface area contributed by atoms with Crippen LogP contribution in [0, 0.1) is 29.1 Å². The number of phenolic OH excluding ortho intramolecular Hbond substituents is 1. The fourth-order valence-electron chi connectivity index (χ4n) is 2.59. The molecule has 0 radical (unpaired) electrons. The Morgan fingerprint density at radius 3 is 1.61 bits per heavy atom. The molecule has 2 rings (SSSR count). The van der Waals surface area contributed by atoms with Crippen LogP contribution in [0.3, 0.4) is 0 Å². The van der Waals surface area contributed by atoms with E-state index < -0.39 is 40.1 Å². The Balaban J connectivity index is 0.00000151. The van der Waals surface area contributed by atoms with Crippen molar-refractivity contribution in [3.8, 4) is 5.75 Å². The van der Waals surface area contributed by atoms with Crippen molar-refractivity contribution < 1.29 is 40.2 Å². The summed E-state index contributed by atoms with van der Waals surface area (Å²) in [6.45, 7) is 11.4. The maximum absolute atomic E-state index is 13.9. The second kappa shape index (κ2) is 10.5. The van der Waals surface area contributed by atoms with Crippen LogP contribution in [0.5, 0.6) is 5.75 Å². The molecule has 0 bridgehead atoms. The van der Waals surface area contributed by atoms with Crippen LogP contribution < -0.4 is 0 Å². The molecule has 0 atom stereocenters. The van der Waals surface area contributed by atoms with Crippen molar-refractivity contribution in [2.24, 2.45) is 4.99 Å². The van der Waals surface area contributed by atoms with Crippen LogP contribution in [-0.4, -0.2) is 11.3 Å². The van der Waals surface area contributed by atoms with E-state index in [1.165, 1.54) is 6.07 Å². The van der Waals surface area contributed by atoms with Crippen molar-refractivity contribution in [2.45, 2.75) is 52.4 Å². The Morgan fingerprint density at radius 2 is 1.23 bits per heavy atom. The molecule has 10 heteroatoms. The van der Waals surface area contributed by atoms with Gasteiger partial charge in [-0.25, -0.2) is 22.0 Å². The third-order valence-corrected chi connectivity index (χ3v) is 4.34. The monoisotopic (exact) mass is 524 g/mol. The van der Waals surface area contributed by atoms with Gasteiger partial charge in [0.25, 0.3) is 0 Å². The van der Waals surface area contributed by atoms with Crippen molar-refractivity contribution in [3.05, 3.63) is 57.9 Å². The van der Waals surface area contributed by atoms with Crippen LogP contribution in [-0.2, 0) is 24.0 Å². The van der Waals surface area contributed by atoms with Gasteiger partial charge in [0.2, 0.25) is 5.82 Å². The van der Waals surface area contributed by atoms with Gasteiger partial charge >= 0.3 is 33.3 Å². The minimum absolute atomic E-state index is 0.00694. The number of nitrogens with zero attached hydrogens (tertiary/aromatic N) is 1. The predicted octanol–water partition coefficient (Wildman–Crippen LogP) is 7.81. The normalized spacial score (nSPS) is 12.2. The van der Waals surface area contributed by atoms with Crippen molar-refractivity contribution >= 4 is 32.1 Å². The topological polar surface area (TPSA) is 32.6 Å². The molecular weight excluding hydrogens is 503 g/mol. The second-order valence-corrected chi connectivity index (χ2v) is 10.6. The van der Waals surface area contributed by atoms with Crippen LogP contribution >= 0.6 is 20.2 Å². The number of halogens is 7. The third kappa shape index (κ3) is 6.57. The van der Waals surface area contributed by atoms with E-state index in [0.29, 0.717) is 11.8 Å². The summed E-state index contributed by atoms with van der Waals surface area (Å²) in [4.78, 5) is 3.85. The van der Waals surface area contributed by atoms with E-state index in [9.17, 15) is 27.1 Å². The van der Waals surface area contributed by atoms with E-state index >= 15 is 0 Å². The van der Waals surface area contributed by atoms with Crippen LogP contribution in [0.2, 0.25) is 0 Å². The number of aliphatic imine (C=N–C) groups is 1. The molecule has 2 aromatic rings. The Labute approximate surface area is 193 Å². The van der Waals surface area contributed by atoms with Gasteiger partial charge in [-0.2, -0.15) is 0 Å². The zero-order valence-electron chi connectivity index (χ0n) is 17.7. The molecule has 0 aliphatic rings. The van der Waals surface area contributed by atoms with Gasteiger partial charge in [0.05, 0.1) is 5.56 Å². The van der Waals surface area contributed by atoms with Crippen molar-refractivity contribution in [2.75, 3.05) is 0 Å². The number of phenols is 1. The van der Waals surface area contributed by atoms with Gasteiger partial charge in [-0.3, -0.25) is 4.99 Å². The summed E-state index contributed by atoms with van der Waals surface area (Å²) in [6.07, 6.45) is 0.532. The van der Waals surface area contributed by atoms with Gasteiger partial charge in [0, 0.05) is 11.8 Å². The first-order valence-corrected chi connectivity index (χ1v) is 12.1. The van der Waals surface area contributed by atoms with Crippen molar-refractivity contribution in [3.63, 3.8) is 0 Å². The summed E-state index contributed by atoms with van der Waals surface area (Å²) in [5.74, 6) is -10.5. The van der Waals surface area contributed by atoms with Gasteiger partial charge in [-0.15, -0.1) is 0 Å². The molecule has 0 aliphatic heterocycles. The number of hydrogen-bond acceptors (Lipinski definition) is 2. The molecule has 2 aromatic carbocycles. The molecule has 0 heterocycles. The average Bonchev–Trinajstić information content (AvgIpc) is 2.64. The van der Waals surface area contributed by atoms with Gasteiger partial charge in [0.15, 0.2) is 23.3 Å². The molecule has 0 fully saturated rings. The van der Waals surface area contributed by atoms with Gasteiger partial charge in [-0.1, -0.05) is 47.6 Å². The summed E-state index contributed by atoms with van der Waals surface area (Å²) >= 11 is 0.00694. The molecule has 0 spiro atoms. The zero-order chi connectivity index (χ0) is 24.3. The molecule has 0 aliphatic carbocycles. The summed E-state index contributed by atoms with van der Waals surface area (Å²) in [5, 5.41) is 10.6. The average molecular weight is 525 g/mol.